The van der Waals surface area contributed by atoms with E-state index in [-0.39, 0.29) is 5.91 Å². The van der Waals surface area contributed by atoms with E-state index in [2.05, 4.69) is 27.3 Å². The highest BCUT2D eigenvalue weighted by Crippen LogP contribution is 2.17. The zero-order valence-corrected chi connectivity index (χ0v) is 12.8. The quantitative estimate of drug-likeness (QED) is 0.849. The van der Waals surface area contributed by atoms with Crippen LogP contribution in [-0.2, 0) is 11.2 Å². The number of rotatable bonds is 4. The number of anilines is 1. The highest BCUT2D eigenvalue weighted by atomic mass is 79.9. The van der Waals surface area contributed by atoms with Crippen LogP contribution in [0.15, 0.2) is 59.1 Å². The Hall–Kier alpha value is -2.38. The summed E-state index contributed by atoms with van der Waals surface area (Å²) in [5.74, 6) is -0.196. The molecular formula is C17H13BrN2O. The first-order valence-corrected chi connectivity index (χ1v) is 7.18. The highest BCUT2D eigenvalue weighted by molar-refractivity contribution is 9.10. The molecule has 0 heterocycles. The third-order valence-electron chi connectivity index (χ3n) is 2.82. The van der Waals surface area contributed by atoms with E-state index in [1.54, 1.807) is 18.2 Å². The second-order valence-electron chi connectivity index (χ2n) is 4.38. The van der Waals surface area contributed by atoms with Crippen LogP contribution in [0.4, 0.5) is 5.69 Å². The number of hydrogen-bond acceptors (Lipinski definition) is 2. The van der Waals surface area contributed by atoms with Crippen molar-refractivity contribution >= 4 is 33.6 Å². The molecule has 3 nitrogen and oxygen atoms in total. The lowest BCUT2D eigenvalue weighted by molar-refractivity contribution is -0.111. The Kier molecular flexibility index (Phi) is 5.30. The first-order valence-electron chi connectivity index (χ1n) is 6.38. The summed E-state index contributed by atoms with van der Waals surface area (Å²) in [6.07, 6.45) is 3.61. The van der Waals surface area contributed by atoms with Gasteiger partial charge in [0.1, 0.15) is 0 Å². The average Bonchev–Trinajstić information content (AvgIpc) is 2.49. The lowest BCUT2D eigenvalue weighted by atomic mass is 10.1. The SMILES string of the molecule is N#CCc1ccc(NC(=O)/C=C/c2ccccc2Br)cc1. The largest absolute Gasteiger partial charge is 0.323 e. The van der Waals surface area contributed by atoms with E-state index in [1.165, 1.54) is 6.08 Å². The molecule has 104 valence electrons. The monoisotopic (exact) mass is 340 g/mol. The van der Waals surface area contributed by atoms with Gasteiger partial charge in [0, 0.05) is 16.2 Å². The maximum Gasteiger partial charge on any atom is 0.248 e. The van der Waals surface area contributed by atoms with Crippen molar-refractivity contribution in [1.82, 2.24) is 0 Å². The summed E-state index contributed by atoms with van der Waals surface area (Å²) >= 11 is 3.43. The van der Waals surface area contributed by atoms with Gasteiger partial charge < -0.3 is 5.32 Å². The molecule has 0 aliphatic heterocycles. The van der Waals surface area contributed by atoms with Gasteiger partial charge in [-0.25, -0.2) is 0 Å². The van der Waals surface area contributed by atoms with Crippen molar-refractivity contribution in [3.8, 4) is 6.07 Å². The van der Waals surface area contributed by atoms with Crippen molar-refractivity contribution in [2.75, 3.05) is 5.32 Å². The third kappa shape index (κ3) is 4.59. The molecule has 0 aliphatic rings. The summed E-state index contributed by atoms with van der Waals surface area (Å²) in [7, 11) is 0. The molecule has 0 aliphatic carbocycles. The molecule has 4 heteroatoms. The number of nitrogens with zero attached hydrogens (tertiary/aromatic N) is 1. The molecule has 2 aromatic rings. The number of halogens is 1. The molecule has 0 fully saturated rings. The van der Waals surface area contributed by atoms with Crippen LogP contribution in [0.3, 0.4) is 0 Å². The molecule has 0 saturated carbocycles. The molecule has 0 atom stereocenters. The van der Waals surface area contributed by atoms with E-state index >= 15 is 0 Å². The lowest BCUT2D eigenvalue weighted by Crippen LogP contribution is -2.07. The van der Waals surface area contributed by atoms with Crippen LogP contribution >= 0.6 is 15.9 Å². The molecule has 0 spiro atoms. The van der Waals surface area contributed by atoms with Crippen molar-refractivity contribution < 1.29 is 4.79 Å². The van der Waals surface area contributed by atoms with E-state index in [4.69, 9.17) is 5.26 Å². The van der Waals surface area contributed by atoms with Crippen LogP contribution in [0.5, 0.6) is 0 Å². The molecule has 1 amide bonds. The first kappa shape index (κ1) is 15.0. The van der Waals surface area contributed by atoms with Gasteiger partial charge in [0.25, 0.3) is 0 Å². The highest BCUT2D eigenvalue weighted by Gasteiger charge is 1.99. The Bertz CT molecular complexity index is 699. The molecule has 21 heavy (non-hydrogen) atoms. The number of amides is 1. The molecule has 2 aromatic carbocycles. The molecule has 0 bridgehead atoms. The van der Waals surface area contributed by atoms with E-state index in [1.807, 2.05) is 36.4 Å². The van der Waals surface area contributed by atoms with Crippen LogP contribution in [0.1, 0.15) is 11.1 Å². The Morgan fingerprint density at radius 2 is 1.90 bits per heavy atom. The minimum absolute atomic E-state index is 0.196. The summed E-state index contributed by atoms with van der Waals surface area (Å²) in [5.41, 5.74) is 2.58. The van der Waals surface area contributed by atoms with E-state index in [9.17, 15) is 4.79 Å². The van der Waals surface area contributed by atoms with Crippen LogP contribution in [0.25, 0.3) is 6.08 Å². The number of hydrogen-bond donors (Lipinski definition) is 1. The molecular weight excluding hydrogens is 328 g/mol. The molecule has 1 N–H and O–H groups in total. The van der Waals surface area contributed by atoms with Crippen molar-refractivity contribution in [2.24, 2.45) is 0 Å². The van der Waals surface area contributed by atoms with Crippen LogP contribution in [0.2, 0.25) is 0 Å². The molecule has 0 unspecified atom stereocenters. The minimum Gasteiger partial charge on any atom is -0.323 e. The van der Waals surface area contributed by atoms with Gasteiger partial charge in [-0.1, -0.05) is 46.3 Å². The van der Waals surface area contributed by atoms with E-state index < -0.39 is 0 Å². The van der Waals surface area contributed by atoms with Gasteiger partial charge in [-0.2, -0.15) is 5.26 Å². The molecule has 0 saturated heterocycles. The van der Waals surface area contributed by atoms with Gasteiger partial charge in [0.15, 0.2) is 0 Å². The van der Waals surface area contributed by atoms with Gasteiger partial charge in [-0.05, 0) is 35.4 Å². The van der Waals surface area contributed by atoms with Crippen molar-refractivity contribution in [3.63, 3.8) is 0 Å². The number of nitrogens with one attached hydrogen (secondary N) is 1. The number of carbonyl (C=O) groups excluding carboxylic acids is 1. The van der Waals surface area contributed by atoms with E-state index in [0.717, 1.165) is 15.6 Å². The van der Waals surface area contributed by atoms with Gasteiger partial charge in [0.2, 0.25) is 5.91 Å². The van der Waals surface area contributed by atoms with Crippen molar-refractivity contribution in [1.29, 1.82) is 5.26 Å². The smallest absolute Gasteiger partial charge is 0.248 e. The lowest BCUT2D eigenvalue weighted by Gasteiger charge is -2.03. The maximum atomic E-state index is 11.8. The predicted octanol–water partition coefficient (Wildman–Crippen LogP) is 4.17. The molecule has 0 aromatic heterocycles. The number of nitriles is 1. The zero-order valence-electron chi connectivity index (χ0n) is 11.2. The summed E-state index contributed by atoms with van der Waals surface area (Å²) in [4.78, 5) is 11.8. The third-order valence-corrected chi connectivity index (χ3v) is 3.55. The normalized spacial score (nSPS) is 10.3. The molecule has 0 radical (unpaired) electrons. The summed E-state index contributed by atoms with van der Waals surface area (Å²) < 4.78 is 0.940. The molecule has 2 rings (SSSR count). The standard InChI is InChI=1S/C17H13BrN2O/c18-16-4-2-1-3-14(16)7-10-17(21)20-15-8-5-13(6-9-15)11-12-19/h1-10H,11H2,(H,20,21)/b10-7+. The summed E-state index contributed by atoms with van der Waals surface area (Å²) in [5, 5.41) is 11.4. The van der Waals surface area contributed by atoms with Gasteiger partial charge in [-0.15, -0.1) is 0 Å². The number of benzene rings is 2. The maximum absolute atomic E-state index is 11.8. The fourth-order valence-corrected chi connectivity index (χ4v) is 2.17. The topological polar surface area (TPSA) is 52.9 Å². The second-order valence-corrected chi connectivity index (χ2v) is 5.23. The number of carbonyl (C=O) groups is 1. The summed E-state index contributed by atoms with van der Waals surface area (Å²) in [6.45, 7) is 0. The predicted molar refractivity (Wildman–Crippen MR) is 87.6 cm³/mol. The minimum atomic E-state index is -0.196. The average molecular weight is 341 g/mol. The second kappa shape index (κ2) is 7.41. The van der Waals surface area contributed by atoms with Crippen molar-refractivity contribution in [3.05, 3.63) is 70.2 Å². The van der Waals surface area contributed by atoms with Gasteiger partial charge in [0.05, 0.1) is 12.5 Å². The van der Waals surface area contributed by atoms with E-state index in [0.29, 0.717) is 12.1 Å². The Balaban J connectivity index is 1.99. The summed E-state index contributed by atoms with van der Waals surface area (Å²) in [6, 6.07) is 17.0. The fraction of sp³-hybridized carbons (Fsp3) is 0.0588. The van der Waals surface area contributed by atoms with Gasteiger partial charge >= 0.3 is 0 Å². The Morgan fingerprint density at radius 1 is 1.19 bits per heavy atom. The first-order chi connectivity index (χ1) is 10.2. The van der Waals surface area contributed by atoms with Gasteiger partial charge in [-0.3, -0.25) is 4.79 Å². The Morgan fingerprint density at radius 3 is 2.57 bits per heavy atom. The fourth-order valence-electron chi connectivity index (χ4n) is 1.76. The van der Waals surface area contributed by atoms with Crippen LogP contribution in [-0.4, -0.2) is 5.91 Å². The van der Waals surface area contributed by atoms with Crippen LogP contribution in [0, 0.1) is 11.3 Å². The zero-order chi connectivity index (χ0) is 15.1. The van der Waals surface area contributed by atoms with Crippen molar-refractivity contribution in [2.45, 2.75) is 6.42 Å². The Labute approximate surface area is 132 Å². The van der Waals surface area contributed by atoms with Crippen LogP contribution < -0.4 is 5.32 Å².